The summed E-state index contributed by atoms with van der Waals surface area (Å²) < 4.78 is 0. The Morgan fingerprint density at radius 2 is 1.88 bits per heavy atom. The number of aliphatic hydroxyl groups is 1. The number of para-hydroxylation sites is 1. The highest BCUT2D eigenvalue weighted by molar-refractivity contribution is 6.00. The van der Waals surface area contributed by atoms with Crippen LogP contribution in [0.25, 0.3) is 10.9 Å². The monoisotopic (exact) mass is 539 g/mol. The second-order valence-electron chi connectivity index (χ2n) is 10.3. The molecule has 0 radical (unpaired) electrons. The summed E-state index contributed by atoms with van der Waals surface area (Å²) in [6, 6.07) is 22.9. The number of aromatic amines is 1. The first-order valence-corrected chi connectivity index (χ1v) is 14.0. The fraction of sp³-hybridized carbons (Fsp3) is 0.312. The van der Waals surface area contributed by atoms with Gasteiger partial charge in [-0.1, -0.05) is 48.5 Å². The smallest absolute Gasteiger partial charge is 0.251 e. The number of hydrogen-bond donors (Lipinski definition) is 5. The molecule has 2 amide bonds. The lowest BCUT2D eigenvalue weighted by atomic mass is 10.00. The summed E-state index contributed by atoms with van der Waals surface area (Å²) in [7, 11) is 0. The first kappa shape index (κ1) is 27.4. The number of aromatic nitrogens is 1. The number of rotatable bonds is 12. The number of nitrogens with zero attached hydrogens (tertiary/aromatic N) is 1. The third-order valence-corrected chi connectivity index (χ3v) is 7.37. The number of anilines is 2. The maximum absolute atomic E-state index is 13.6. The Morgan fingerprint density at radius 3 is 2.65 bits per heavy atom. The average Bonchev–Trinajstić information content (AvgIpc) is 3.59. The number of carbonyl (C=O) groups excluding carboxylic acids is 2. The van der Waals surface area contributed by atoms with Gasteiger partial charge in [0, 0.05) is 66.6 Å². The number of benzene rings is 3. The lowest BCUT2D eigenvalue weighted by Gasteiger charge is -2.25. The van der Waals surface area contributed by atoms with Crippen LogP contribution >= 0.6 is 0 Å². The van der Waals surface area contributed by atoms with E-state index in [2.05, 4.69) is 27.0 Å². The van der Waals surface area contributed by atoms with Crippen LogP contribution in [0.1, 0.15) is 41.3 Å². The van der Waals surface area contributed by atoms with Gasteiger partial charge >= 0.3 is 0 Å². The third kappa shape index (κ3) is 6.52. The predicted octanol–water partition coefficient (Wildman–Crippen LogP) is 4.22. The van der Waals surface area contributed by atoms with Gasteiger partial charge in [-0.3, -0.25) is 9.59 Å². The molecule has 1 fully saturated rings. The van der Waals surface area contributed by atoms with Gasteiger partial charge in [0.2, 0.25) is 5.91 Å². The second kappa shape index (κ2) is 12.8. The highest BCUT2D eigenvalue weighted by atomic mass is 16.3. The van der Waals surface area contributed by atoms with E-state index in [0.717, 1.165) is 34.1 Å². The van der Waals surface area contributed by atoms with Crippen molar-refractivity contribution < 1.29 is 14.7 Å². The lowest BCUT2D eigenvalue weighted by molar-refractivity contribution is -0.117. The summed E-state index contributed by atoms with van der Waals surface area (Å²) in [5.41, 5.74) is 5.16. The van der Waals surface area contributed by atoms with Crippen molar-refractivity contribution in [2.45, 2.75) is 44.9 Å². The average molecular weight is 540 g/mol. The molecule has 3 aromatic carbocycles. The molecule has 0 unspecified atom stereocenters. The van der Waals surface area contributed by atoms with Crippen molar-refractivity contribution in [3.63, 3.8) is 0 Å². The van der Waals surface area contributed by atoms with E-state index >= 15 is 0 Å². The largest absolute Gasteiger partial charge is 0.390 e. The fourth-order valence-electron chi connectivity index (χ4n) is 5.30. The number of amides is 2. The van der Waals surface area contributed by atoms with Crippen molar-refractivity contribution in [1.82, 2.24) is 15.6 Å². The first-order chi connectivity index (χ1) is 19.5. The molecule has 2 heterocycles. The molecular weight excluding hydrogens is 502 g/mol. The molecule has 1 aliphatic rings. The molecule has 1 saturated heterocycles. The van der Waals surface area contributed by atoms with Gasteiger partial charge in [0.25, 0.3) is 5.91 Å². The van der Waals surface area contributed by atoms with Crippen LogP contribution in [-0.4, -0.2) is 53.7 Å². The van der Waals surface area contributed by atoms with Crippen molar-refractivity contribution >= 4 is 34.1 Å². The Bertz CT molecular complexity index is 1450. The number of H-pyrrole nitrogens is 1. The first-order valence-electron chi connectivity index (χ1n) is 14.0. The van der Waals surface area contributed by atoms with Gasteiger partial charge in [-0.15, -0.1) is 0 Å². The second-order valence-corrected chi connectivity index (χ2v) is 10.3. The SMILES string of the molecule is CCNc1cc(C(=O)N[C@@H](Cc2ccccc2)[C@H](O)CNCc2c[nH]c3ccccc23)cc(N2CCCC2=O)c1. The predicted molar refractivity (Wildman–Crippen MR) is 160 cm³/mol. The van der Waals surface area contributed by atoms with Gasteiger partial charge in [-0.2, -0.15) is 0 Å². The van der Waals surface area contributed by atoms with E-state index in [1.165, 1.54) is 0 Å². The zero-order valence-electron chi connectivity index (χ0n) is 22.8. The van der Waals surface area contributed by atoms with Crippen LogP contribution in [0.5, 0.6) is 0 Å². The molecule has 0 bridgehead atoms. The van der Waals surface area contributed by atoms with Crippen LogP contribution in [-0.2, 0) is 17.8 Å². The van der Waals surface area contributed by atoms with Crippen molar-refractivity contribution in [3.8, 4) is 0 Å². The zero-order chi connectivity index (χ0) is 27.9. The minimum atomic E-state index is -0.828. The minimum Gasteiger partial charge on any atom is -0.390 e. The van der Waals surface area contributed by atoms with Gasteiger partial charge in [-0.25, -0.2) is 0 Å². The van der Waals surface area contributed by atoms with Crippen LogP contribution in [0.4, 0.5) is 11.4 Å². The van der Waals surface area contributed by atoms with Crippen molar-refractivity contribution in [3.05, 3.63) is 95.7 Å². The van der Waals surface area contributed by atoms with Crippen LogP contribution in [0.15, 0.2) is 79.0 Å². The van der Waals surface area contributed by atoms with E-state index in [0.29, 0.717) is 50.3 Å². The minimum absolute atomic E-state index is 0.0682. The summed E-state index contributed by atoms with van der Waals surface area (Å²) in [6.45, 7) is 4.22. The van der Waals surface area contributed by atoms with Crippen LogP contribution in [0.2, 0.25) is 0 Å². The van der Waals surface area contributed by atoms with Crippen LogP contribution in [0.3, 0.4) is 0 Å². The maximum Gasteiger partial charge on any atom is 0.251 e. The standard InChI is InChI=1S/C32H37N5O3/c1-2-34-25-16-23(17-26(18-25)37-14-8-13-31(37)39)32(40)36-29(15-22-9-4-3-5-10-22)30(38)21-33-19-24-20-35-28-12-7-6-11-27(24)28/h3-7,9-12,16-18,20,29-30,33-35,38H,2,8,13-15,19,21H2,1H3,(H,36,40)/t29-,30+/m0/s1. The Kier molecular flexibility index (Phi) is 8.78. The van der Waals surface area contributed by atoms with Gasteiger partial charge in [0.15, 0.2) is 0 Å². The quantitative estimate of drug-likeness (QED) is 0.185. The highest BCUT2D eigenvalue weighted by Crippen LogP contribution is 2.27. The molecule has 40 heavy (non-hydrogen) atoms. The van der Waals surface area contributed by atoms with E-state index in [1.807, 2.05) is 67.7 Å². The Balaban J connectivity index is 1.32. The molecule has 208 valence electrons. The van der Waals surface area contributed by atoms with E-state index in [-0.39, 0.29) is 11.8 Å². The lowest BCUT2D eigenvalue weighted by Crippen LogP contribution is -2.48. The number of fused-ring (bicyclic) bond motifs is 1. The molecule has 0 spiro atoms. The Hall–Kier alpha value is -4.14. The van der Waals surface area contributed by atoms with E-state index in [4.69, 9.17) is 0 Å². The van der Waals surface area contributed by atoms with E-state index < -0.39 is 12.1 Å². The molecule has 5 rings (SSSR count). The molecule has 5 N–H and O–H groups in total. The molecule has 4 aromatic rings. The normalized spacial score (nSPS) is 14.8. The summed E-state index contributed by atoms with van der Waals surface area (Å²) in [5, 5.41) is 22.1. The fourth-order valence-corrected chi connectivity index (χ4v) is 5.30. The summed E-state index contributed by atoms with van der Waals surface area (Å²) in [4.78, 5) is 31.0. The number of aliphatic hydroxyl groups excluding tert-OH is 1. The van der Waals surface area contributed by atoms with E-state index in [9.17, 15) is 14.7 Å². The number of nitrogens with one attached hydrogen (secondary N) is 4. The summed E-state index contributed by atoms with van der Waals surface area (Å²) in [6.07, 6.45) is 2.96. The van der Waals surface area contributed by atoms with Gasteiger partial charge in [0.1, 0.15) is 0 Å². The van der Waals surface area contributed by atoms with Crippen LogP contribution in [0, 0.1) is 0 Å². The van der Waals surface area contributed by atoms with E-state index in [1.54, 1.807) is 17.0 Å². The molecule has 8 nitrogen and oxygen atoms in total. The topological polar surface area (TPSA) is 109 Å². The highest BCUT2D eigenvalue weighted by Gasteiger charge is 2.26. The molecule has 0 aliphatic carbocycles. The zero-order valence-corrected chi connectivity index (χ0v) is 22.8. The molecule has 2 atom stereocenters. The molecule has 1 aromatic heterocycles. The molecule has 0 saturated carbocycles. The third-order valence-electron chi connectivity index (χ3n) is 7.37. The van der Waals surface area contributed by atoms with Gasteiger partial charge < -0.3 is 30.9 Å². The number of hydrogen-bond acceptors (Lipinski definition) is 5. The van der Waals surface area contributed by atoms with Crippen molar-refractivity contribution in [2.75, 3.05) is 29.9 Å². The molecule has 1 aliphatic heterocycles. The van der Waals surface area contributed by atoms with Crippen molar-refractivity contribution in [2.24, 2.45) is 0 Å². The maximum atomic E-state index is 13.6. The Labute approximate surface area is 234 Å². The van der Waals surface area contributed by atoms with Gasteiger partial charge in [-0.05, 0) is 55.2 Å². The van der Waals surface area contributed by atoms with Crippen LogP contribution < -0.4 is 20.9 Å². The summed E-state index contributed by atoms with van der Waals surface area (Å²) in [5.74, 6) is -0.220. The van der Waals surface area contributed by atoms with Gasteiger partial charge in [0.05, 0.1) is 12.1 Å². The Morgan fingerprint density at radius 1 is 1.07 bits per heavy atom. The summed E-state index contributed by atoms with van der Waals surface area (Å²) >= 11 is 0. The molecule has 8 heteroatoms. The number of carbonyl (C=O) groups is 2. The van der Waals surface area contributed by atoms with Crippen molar-refractivity contribution in [1.29, 1.82) is 0 Å². The molecular formula is C32H37N5O3.